The fourth-order valence-corrected chi connectivity index (χ4v) is 0.780. The lowest BCUT2D eigenvalue weighted by Crippen LogP contribution is -2.09. The number of carboxylic acids is 1. The van der Waals surface area contributed by atoms with E-state index in [9.17, 15) is 4.79 Å². The molecule has 15 heavy (non-hydrogen) atoms. The van der Waals surface area contributed by atoms with Gasteiger partial charge in [-0.3, -0.25) is 0 Å². The van der Waals surface area contributed by atoms with Crippen molar-refractivity contribution in [1.82, 2.24) is 0 Å². The van der Waals surface area contributed by atoms with Crippen molar-refractivity contribution in [3.8, 4) is 5.75 Å². The van der Waals surface area contributed by atoms with Crippen molar-refractivity contribution in [2.24, 2.45) is 0 Å². The Morgan fingerprint density at radius 3 is 2.13 bits per heavy atom. The first kappa shape index (κ1) is 13.5. The predicted molar refractivity (Wildman–Crippen MR) is 60.3 cm³/mol. The lowest BCUT2D eigenvalue weighted by Gasteiger charge is -2.01. The Morgan fingerprint density at radius 2 is 1.73 bits per heavy atom. The number of ether oxygens (including phenoxy) is 1. The van der Waals surface area contributed by atoms with Gasteiger partial charge in [0.2, 0.25) is 0 Å². The molecule has 0 aromatic heterocycles. The second kappa shape index (κ2) is 7.85. The van der Waals surface area contributed by atoms with Gasteiger partial charge in [0.25, 0.3) is 0 Å². The van der Waals surface area contributed by atoms with Gasteiger partial charge < -0.3 is 9.84 Å². The molecular weight excluding hydrogens is 192 g/mol. The summed E-state index contributed by atoms with van der Waals surface area (Å²) in [6, 6.07) is 7.24. The Hall–Kier alpha value is -1.51. The minimum Gasteiger partial charge on any atom is -0.482 e. The maximum absolute atomic E-state index is 10.1. The number of carbonyl (C=O) groups is 1. The molecule has 0 amide bonds. The van der Waals surface area contributed by atoms with Crippen LogP contribution in [0.3, 0.4) is 0 Å². The summed E-state index contributed by atoms with van der Waals surface area (Å²) in [5, 5.41) is 8.30. The summed E-state index contributed by atoms with van der Waals surface area (Å²) in [6.07, 6.45) is 1.25. The van der Waals surface area contributed by atoms with Crippen molar-refractivity contribution in [3.05, 3.63) is 29.8 Å². The molecule has 84 valence electrons. The van der Waals surface area contributed by atoms with Crippen LogP contribution < -0.4 is 4.74 Å². The second-order valence-electron chi connectivity index (χ2n) is 3.20. The average molecular weight is 210 g/mol. The molecule has 1 rings (SSSR count). The van der Waals surface area contributed by atoms with Crippen molar-refractivity contribution in [2.75, 3.05) is 6.61 Å². The number of benzene rings is 1. The van der Waals surface area contributed by atoms with Crippen LogP contribution in [0.15, 0.2) is 24.3 Å². The fourth-order valence-electron chi connectivity index (χ4n) is 0.780. The van der Waals surface area contributed by atoms with E-state index in [0.717, 1.165) is 5.56 Å². The minimum absolute atomic E-state index is 0.289. The molecule has 1 aromatic carbocycles. The van der Waals surface area contributed by atoms with Crippen molar-refractivity contribution in [3.63, 3.8) is 0 Å². The van der Waals surface area contributed by atoms with E-state index in [2.05, 4.69) is 13.8 Å². The molecule has 0 aliphatic heterocycles. The summed E-state index contributed by atoms with van der Waals surface area (Å²) in [4.78, 5) is 10.1. The molecule has 0 radical (unpaired) electrons. The Morgan fingerprint density at radius 1 is 1.27 bits per heavy atom. The second-order valence-corrected chi connectivity index (χ2v) is 3.20. The van der Waals surface area contributed by atoms with Crippen LogP contribution in [0.5, 0.6) is 5.75 Å². The van der Waals surface area contributed by atoms with Gasteiger partial charge in [0.1, 0.15) is 5.75 Å². The molecule has 0 aliphatic carbocycles. The van der Waals surface area contributed by atoms with Gasteiger partial charge in [-0.2, -0.15) is 0 Å². The molecular formula is C12H18O3. The van der Waals surface area contributed by atoms with Gasteiger partial charge in [0, 0.05) is 0 Å². The monoisotopic (exact) mass is 210 g/mol. The van der Waals surface area contributed by atoms with Gasteiger partial charge in [-0.15, -0.1) is 0 Å². The van der Waals surface area contributed by atoms with Crippen LogP contribution >= 0.6 is 0 Å². The third-order valence-electron chi connectivity index (χ3n) is 1.38. The molecule has 0 heterocycles. The number of carboxylic acid groups (broad SMARTS) is 1. The molecule has 0 bridgehead atoms. The summed E-state index contributed by atoms with van der Waals surface area (Å²) in [5.41, 5.74) is 1.12. The third-order valence-corrected chi connectivity index (χ3v) is 1.38. The lowest BCUT2D eigenvalue weighted by molar-refractivity contribution is -0.139. The molecule has 0 aliphatic rings. The van der Waals surface area contributed by atoms with Gasteiger partial charge >= 0.3 is 5.97 Å². The van der Waals surface area contributed by atoms with Crippen LogP contribution in [0.4, 0.5) is 0 Å². The standard InChI is InChI=1S/C9H10O3.C3H8/c1-7-2-4-8(5-3-7)12-6-9(10)11;1-3-2/h2-5H,6H2,1H3,(H,10,11);3H2,1-2H3. The quantitative estimate of drug-likeness (QED) is 0.834. The molecule has 0 fully saturated rings. The molecule has 3 heteroatoms. The normalized spacial score (nSPS) is 8.73. The maximum atomic E-state index is 10.1. The molecule has 1 aromatic rings. The minimum atomic E-state index is -0.962. The number of aryl methyl sites for hydroxylation is 1. The number of hydrogen-bond donors (Lipinski definition) is 1. The molecule has 1 N–H and O–H groups in total. The molecule has 0 saturated heterocycles. The smallest absolute Gasteiger partial charge is 0.341 e. The average Bonchev–Trinajstić information content (AvgIpc) is 2.18. The maximum Gasteiger partial charge on any atom is 0.341 e. The van der Waals surface area contributed by atoms with E-state index in [4.69, 9.17) is 9.84 Å². The van der Waals surface area contributed by atoms with Crippen molar-refractivity contribution in [1.29, 1.82) is 0 Å². The van der Waals surface area contributed by atoms with E-state index in [-0.39, 0.29) is 6.61 Å². The first-order chi connectivity index (χ1) is 7.10. The molecule has 0 saturated carbocycles. The van der Waals surface area contributed by atoms with Gasteiger partial charge in [-0.25, -0.2) is 4.79 Å². The summed E-state index contributed by atoms with van der Waals surface area (Å²) < 4.78 is 4.92. The van der Waals surface area contributed by atoms with Crippen LogP contribution in [0.1, 0.15) is 25.8 Å². The highest BCUT2D eigenvalue weighted by atomic mass is 16.5. The first-order valence-electron chi connectivity index (χ1n) is 5.01. The Balaban J connectivity index is 0.000000583. The highest BCUT2D eigenvalue weighted by Crippen LogP contribution is 2.10. The van der Waals surface area contributed by atoms with Gasteiger partial charge in [0.05, 0.1) is 0 Å². The summed E-state index contributed by atoms with van der Waals surface area (Å²) in [7, 11) is 0. The van der Waals surface area contributed by atoms with Crippen LogP contribution in [0.25, 0.3) is 0 Å². The summed E-state index contributed by atoms with van der Waals surface area (Å²) >= 11 is 0. The zero-order valence-electron chi connectivity index (χ0n) is 9.49. The van der Waals surface area contributed by atoms with E-state index in [0.29, 0.717) is 5.75 Å². The van der Waals surface area contributed by atoms with Crippen molar-refractivity contribution < 1.29 is 14.6 Å². The van der Waals surface area contributed by atoms with Gasteiger partial charge in [0.15, 0.2) is 6.61 Å². The fraction of sp³-hybridized carbons (Fsp3) is 0.417. The highest BCUT2D eigenvalue weighted by molar-refractivity contribution is 5.68. The van der Waals surface area contributed by atoms with E-state index in [1.54, 1.807) is 12.1 Å². The van der Waals surface area contributed by atoms with E-state index in [1.807, 2.05) is 19.1 Å². The SMILES string of the molecule is CCC.Cc1ccc(OCC(=O)O)cc1. The molecule has 0 spiro atoms. The van der Waals surface area contributed by atoms with Crippen molar-refractivity contribution in [2.45, 2.75) is 27.2 Å². The summed E-state index contributed by atoms with van der Waals surface area (Å²) in [5.74, 6) is -0.376. The predicted octanol–water partition coefficient (Wildman–Crippen LogP) is 2.87. The lowest BCUT2D eigenvalue weighted by atomic mass is 10.2. The molecule has 0 unspecified atom stereocenters. The van der Waals surface area contributed by atoms with Crippen LogP contribution in [0, 0.1) is 6.92 Å². The van der Waals surface area contributed by atoms with Gasteiger partial charge in [-0.1, -0.05) is 38.0 Å². The van der Waals surface area contributed by atoms with Crippen LogP contribution in [-0.2, 0) is 4.79 Å². The summed E-state index contributed by atoms with van der Waals surface area (Å²) in [6.45, 7) is 5.92. The Kier molecular flexibility index (Phi) is 7.06. The number of rotatable bonds is 3. The zero-order chi connectivity index (χ0) is 11.7. The molecule has 3 nitrogen and oxygen atoms in total. The number of hydrogen-bond acceptors (Lipinski definition) is 2. The molecule has 0 atom stereocenters. The Bertz CT molecular complexity index is 277. The van der Waals surface area contributed by atoms with E-state index < -0.39 is 5.97 Å². The van der Waals surface area contributed by atoms with E-state index >= 15 is 0 Å². The van der Waals surface area contributed by atoms with Crippen LogP contribution in [-0.4, -0.2) is 17.7 Å². The topological polar surface area (TPSA) is 46.5 Å². The zero-order valence-corrected chi connectivity index (χ0v) is 9.49. The largest absolute Gasteiger partial charge is 0.482 e. The Labute approximate surface area is 90.7 Å². The third kappa shape index (κ3) is 7.55. The highest BCUT2D eigenvalue weighted by Gasteiger charge is 1.97. The van der Waals surface area contributed by atoms with Crippen molar-refractivity contribution >= 4 is 5.97 Å². The van der Waals surface area contributed by atoms with Crippen LogP contribution in [0.2, 0.25) is 0 Å². The van der Waals surface area contributed by atoms with Gasteiger partial charge in [-0.05, 0) is 19.1 Å². The first-order valence-corrected chi connectivity index (χ1v) is 5.01. The van der Waals surface area contributed by atoms with E-state index in [1.165, 1.54) is 6.42 Å². The number of aliphatic carboxylic acids is 1.